The maximum atomic E-state index is 12.4. The molecule has 0 radical (unpaired) electrons. The number of aromatic nitrogens is 1. The molecule has 2 heterocycles. The molecule has 1 aliphatic rings. The molecule has 4 rings (SSSR count). The number of hydrogen-bond acceptors (Lipinski definition) is 4. The lowest BCUT2D eigenvalue weighted by atomic mass is 9.88. The predicted octanol–water partition coefficient (Wildman–Crippen LogP) is 5.31. The van der Waals surface area contributed by atoms with Crippen LogP contribution in [0.3, 0.4) is 0 Å². The summed E-state index contributed by atoms with van der Waals surface area (Å²) in [6.45, 7) is 7.06. The van der Waals surface area contributed by atoms with Crippen molar-refractivity contribution in [3.63, 3.8) is 0 Å². The van der Waals surface area contributed by atoms with E-state index in [-0.39, 0.29) is 11.7 Å². The number of aryl methyl sites for hydroxylation is 1. The van der Waals surface area contributed by atoms with Crippen molar-refractivity contribution in [3.8, 4) is 17.2 Å². The Bertz CT molecular complexity index is 1440. The van der Waals surface area contributed by atoms with Crippen molar-refractivity contribution in [2.75, 3.05) is 18.8 Å². The molecular weight excluding hydrogens is 484 g/mol. The molecule has 3 aromatic rings. The minimum Gasteiger partial charge on any atom is -0.366 e. The highest BCUT2D eigenvalue weighted by atomic mass is 32.2. The summed E-state index contributed by atoms with van der Waals surface area (Å²) in [5.74, 6) is 0.389. The van der Waals surface area contributed by atoms with Crippen molar-refractivity contribution in [1.29, 1.82) is 5.26 Å². The molecular formula is C29H36N4O3S. The van der Waals surface area contributed by atoms with E-state index in [2.05, 4.69) is 37.0 Å². The number of H-pyrrole nitrogens is 1. The zero-order valence-electron chi connectivity index (χ0n) is 21.9. The number of nitrogens with zero attached hydrogens (tertiary/aromatic N) is 2. The molecule has 0 atom stereocenters. The number of benzene rings is 2. The summed E-state index contributed by atoms with van der Waals surface area (Å²) in [5.41, 5.74) is 11.4. The number of primary amides is 1. The minimum absolute atomic E-state index is 0.108. The molecule has 0 unspecified atom stereocenters. The average Bonchev–Trinajstić information content (AvgIpc) is 3.31. The summed E-state index contributed by atoms with van der Waals surface area (Å²) in [4.78, 5) is 15.7. The molecule has 37 heavy (non-hydrogen) atoms. The normalized spacial score (nSPS) is 15.3. The number of aromatic amines is 1. The second kappa shape index (κ2) is 11.1. The van der Waals surface area contributed by atoms with E-state index in [0.29, 0.717) is 48.5 Å². The van der Waals surface area contributed by atoms with Gasteiger partial charge in [-0.25, -0.2) is 12.7 Å². The van der Waals surface area contributed by atoms with Crippen LogP contribution in [0.1, 0.15) is 79.4 Å². The molecule has 196 valence electrons. The second-order valence-corrected chi connectivity index (χ2v) is 12.7. The molecule has 1 aromatic heterocycles. The van der Waals surface area contributed by atoms with Gasteiger partial charge in [-0.15, -0.1) is 0 Å². The predicted molar refractivity (Wildman–Crippen MR) is 148 cm³/mol. The van der Waals surface area contributed by atoms with Crippen LogP contribution in [-0.2, 0) is 16.4 Å². The van der Waals surface area contributed by atoms with Crippen LogP contribution in [0.15, 0.2) is 36.5 Å². The maximum Gasteiger partial charge on any atom is 0.250 e. The Hall–Kier alpha value is -3.15. The zero-order valence-corrected chi connectivity index (χ0v) is 22.7. The SMILES string of the molecule is CCS(=O)(=O)N1CCC(c2c[nH]c3c(C(N)=O)cc(-c4cc(C#N)cc(CCCC(C)C)c4)cc23)CC1. The van der Waals surface area contributed by atoms with Gasteiger partial charge in [0.15, 0.2) is 0 Å². The second-order valence-electron chi connectivity index (χ2n) is 10.4. The molecule has 7 nitrogen and oxygen atoms in total. The van der Waals surface area contributed by atoms with E-state index in [0.717, 1.165) is 46.9 Å². The van der Waals surface area contributed by atoms with Gasteiger partial charge in [0.1, 0.15) is 0 Å². The van der Waals surface area contributed by atoms with E-state index < -0.39 is 15.9 Å². The average molecular weight is 521 g/mol. The fourth-order valence-electron chi connectivity index (χ4n) is 5.36. The van der Waals surface area contributed by atoms with Gasteiger partial charge in [-0.1, -0.05) is 26.3 Å². The van der Waals surface area contributed by atoms with Crippen LogP contribution < -0.4 is 5.73 Å². The Kier molecular flexibility index (Phi) is 8.05. The number of hydrogen-bond donors (Lipinski definition) is 2. The summed E-state index contributed by atoms with van der Waals surface area (Å²) in [7, 11) is -3.20. The number of carbonyl (C=O) groups is 1. The largest absolute Gasteiger partial charge is 0.366 e. The Morgan fingerprint density at radius 3 is 2.49 bits per heavy atom. The molecule has 2 aromatic carbocycles. The van der Waals surface area contributed by atoms with Crippen molar-refractivity contribution < 1.29 is 13.2 Å². The first kappa shape index (κ1) is 26.9. The van der Waals surface area contributed by atoms with Gasteiger partial charge < -0.3 is 10.7 Å². The van der Waals surface area contributed by atoms with Gasteiger partial charge in [0.2, 0.25) is 10.0 Å². The van der Waals surface area contributed by atoms with Gasteiger partial charge in [0.05, 0.1) is 28.5 Å². The van der Waals surface area contributed by atoms with Crippen LogP contribution in [0.5, 0.6) is 0 Å². The first-order valence-corrected chi connectivity index (χ1v) is 14.7. The van der Waals surface area contributed by atoms with Crippen LogP contribution in [0.4, 0.5) is 0 Å². The van der Waals surface area contributed by atoms with Crippen molar-refractivity contribution in [2.45, 2.75) is 58.8 Å². The molecule has 3 N–H and O–H groups in total. The van der Waals surface area contributed by atoms with Crippen molar-refractivity contribution >= 4 is 26.8 Å². The Labute approximate surface area is 219 Å². The number of piperidine rings is 1. The lowest BCUT2D eigenvalue weighted by Crippen LogP contribution is -2.38. The van der Waals surface area contributed by atoms with E-state index in [1.807, 2.05) is 18.3 Å². The summed E-state index contributed by atoms with van der Waals surface area (Å²) in [6, 6.07) is 12.1. The number of rotatable bonds is 9. The number of fused-ring (bicyclic) bond motifs is 1. The van der Waals surface area contributed by atoms with Crippen molar-refractivity contribution in [1.82, 2.24) is 9.29 Å². The lowest BCUT2D eigenvalue weighted by molar-refractivity contribution is 0.100. The van der Waals surface area contributed by atoms with Gasteiger partial charge in [-0.2, -0.15) is 5.26 Å². The monoisotopic (exact) mass is 520 g/mol. The summed E-state index contributed by atoms with van der Waals surface area (Å²) in [5, 5.41) is 10.6. The Morgan fingerprint density at radius 2 is 1.86 bits per heavy atom. The van der Waals surface area contributed by atoms with E-state index >= 15 is 0 Å². The summed E-state index contributed by atoms with van der Waals surface area (Å²) < 4.78 is 26.2. The zero-order chi connectivity index (χ0) is 26.7. The Balaban J connectivity index is 1.72. The standard InChI is InChI=1S/C29H36N4O3S/c1-4-37(35,36)33-10-8-22(9-11-33)27-18-32-28-25(27)15-24(16-26(28)29(31)34)23-13-20(7-5-6-19(2)3)12-21(14-23)17-30/h12-16,18-19,22,32H,4-11H2,1-3H3,(H2,31,34). The third-order valence-electron chi connectivity index (χ3n) is 7.44. The minimum atomic E-state index is -3.20. The topological polar surface area (TPSA) is 120 Å². The van der Waals surface area contributed by atoms with Gasteiger partial charge >= 0.3 is 0 Å². The molecule has 0 aliphatic carbocycles. The molecule has 1 aliphatic heterocycles. The molecule has 1 amide bonds. The van der Waals surface area contributed by atoms with Gasteiger partial charge in [-0.3, -0.25) is 4.79 Å². The quantitative estimate of drug-likeness (QED) is 0.397. The fraction of sp³-hybridized carbons (Fsp3) is 0.448. The van der Waals surface area contributed by atoms with E-state index in [9.17, 15) is 18.5 Å². The highest BCUT2D eigenvalue weighted by Crippen LogP contribution is 2.37. The van der Waals surface area contributed by atoms with Crippen LogP contribution in [0, 0.1) is 17.2 Å². The highest BCUT2D eigenvalue weighted by molar-refractivity contribution is 7.89. The van der Waals surface area contributed by atoms with Crippen molar-refractivity contribution in [3.05, 3.63) is 58.8 Å². The maximum absolute atomic E-state index is 12.4. The van der Waals surface area contributed by atoms with Gasteiger partial charge in [0.25, 0.3) is 5.91 Å². The smallest absolute Gasteiger partial charge is 0.250 e. The molecule has 0 spiro atoms. The van der Waals surface area contributed by atoms with E-state index in [1.54, 1.807) is 17.3 Å². The molecule has 1 saturated heterocycles. The fourth-order valence-corrected chi connectivity index (χ4v) is 6.49. The van der Waals surface area contributed by atoms with E-state index in [1.165, 1.54) is 0 Å². The highest BCUT2D eigenvalue weighted by Gasteiger charge is 2.29. The third-order valence-corrected chi connectivity index (χ3v) is 9.32. The number of nitrogens with two attached hydrogens (primary N) is 1. The van der Waals surface area contributed by atoms with Gasteiger partial charge in [0, 0.05) is 24.7 Å². The molecule has 1 fully saturated rings. The number of amides is 1. The lowest BCUT2D eigenvalue weighted by Gasteiger charge is -2.31. The molecule has 8 heteroatoms. The molecule has 0 saturated carbocycles. The van der Waals surface area contributed by atoms with E-state index in [4.69, 9.17) is 5.73 Å². The number of sulfonamides is 1. The van der Waals surface area contributed by atoms with Crippen LogP contribution in [0.2, 0.25) is 0 Å². The summed E-state index contributed by atoms with van der Waals surface area (Å²) >= 11 is 0. The molecule has 0 bridgehead atoms. The number of nitrogens with one attached hydrogen (secondary N) is 1. The van der Waals surface area contributed by atoms with Crippen molar-refractivity contribution in [2.24, 2.45) is 11.7 Å². The Morgan fingerprint density at radius 1 is 1.16 bits per heavy atom. The van der Waals surface area contributed by atoms with Crippen LogP contribution in [0.25, 0.3) is 22.0 Å². The van der Waals surface area contributed by atoms with Gasteiger partial charge in [-0.05, 0) is 91.0 Å². The van der Waals surface area contributed by atoms with Crippen LogP contribution >= 0.6 is 0 Å². The third kappa shape index (κ3) is 5.89. The van der Waals surface area contributed by atoms with Crippen LogP contribution in [-0.4, -0.2) is 42.5 Å². The number of nitriles is 1. The summed E-state index contributed by atoms with van der Waals surface area (Å²) in [6.07, 6.45) is 6.41. The first-order chi connectivity index (χ1) is 17.6. The number of carbonyl (C=O) groups excluding carboxylic acids is 1. The first-order valence-electron chi connectivity index (χ1n) is 13.1.